The number of benzene rings is 1. The topological polar surface area (TPSA) is 61.8 Å². The summed E-state index contributed by atoms with van der Waals surface area (Å²) < 4.78 is 18.1. The SMILES string of the molecule is COc1cc(F)ccc1NC(=O)N1CCC(CO)C1. The largest absolute Gasteiger partial charge is 0.494 e. The quantitative estimate of drug-likeness (QED) is 0.876. The summed E-state index contributed by atoms with van der Waals surface area (Å²) in [6.45, 7) is 1.23. The van der Waals surface area contributed by atoms with Crippen LogP contribution in [0.2, 0.25) is 0 Å². The standard InChI is InChI=1S/C13H17FN2O3/c1-19-12-6-10(14)2-3-11(12)15-13(18)16-5-4-9(7-16)8-17/h2-3,6,9,17H,4-5,7-8H2,1H3,(H,15,18). The van der Waals surface area contributed by atoms with E-state index < -0.39 is 5.82 Å². The summed E-state index contributed by atoms with van der Waals surface area (Å²) >= 11 is 0. The van der Waals surface area contributed by atoms with Crippen molar-refractivity contribution in [3.8, 4) is 5.75 Å². The van der Waals surface area contributed by atoms with Gasteiger partial charge in [0.25, 0.3) is 0 Å². The number of nitrogens with zero attached hydrogens (tertiary/aromatic N) is 1. The molecule has 0 bridgehead atoms. The number of halogens is 1. The lowest BCUT2D eigenvalue weighted by Crippen LogP contribution is -2.33. The van der Waals surface area contributed by atoms with Crippen LogP contribution in [-0.4, -0.2) is 42.8 Å². The van der Waals surface area contributed by atoms with Crippen LogP contribution in [0, 0.1) is 11.7 Å². The number of aliphatic hydroxyl groups is 1. The van der Waals surface area contributed by atoms with Crippen molar-refractivity contribution < 1.29 is 19.0 Å². The molecule has 5 nitrogen and oxygen atoms in total. The van der Waals surface area contributed by atoms with E-state index in [2.05, 4.69) is 5.32 Å². The highest BCUT2D eigenvalue weighted by atomic mass is 19.1. The zero-order valence-corrected chi connectivity index (χ0v) is 10.7. The molecule has 1 aliphatic rings. The maximum Gasteiger partial charge on any atom is 0.321 e. The number of ether oxygens (including phenoxy) is 1. The highest BCUT2D eigenvalue weighted by Crippen LogP contribution is 2.26. The monoisotopic (exact) mass is 268 g/mol. The number of likely N-dealkylation sites (tertiary alicyclic amines) is 1. The van der Waals surface area contributed by atoms with Gasteiger partial charge in [0.2, 0.25) is 0 Å². The van der Waals surface area contributed by atoms with Gasteiger partial charge in [0.1, 0.15) is 11.6 Å². The van der Waals surface area contributed by atoms with Crippen molar-refractivity contribution in [2.75, 3.05) is 32.1 Å². The van der Waals surface area contributed by atoms with Crippen molar-refractivity contribution >= 4 is 11.7 Å². The van der Waals surface area contributed by atoms with Crippen LogP contribution in [0.25, 0.3) is 0 Å². The highest BCUT2D eigenvalue weighted by Gasteiger charge is 2.26. The molecule has 0 saturated carbocycles. The Kier molecular flexibility index (Phi) is 4.21. The first-order valence-electron chi connectivity index (χ1n) is 6.14. The van der Waals surface area contributed by atoms with Crippen LogP contribution < -0.4 is 10.1 Å². The predicted molar refractivity (Wildman–Crippen MR) is 68.7 cm³/mol. The molecule has 1 aromatic rings. The average Bonchev–Trinajstić information content (AvgIpc) is 2.89. The van der Waals surface area contributed by atoms with Gasteiger partial charge in [0, 0.05) is 31.7 Å². The molecule has 0 aliphatic carbocycles. The summed E-state index contributed by atoms with van der Waals surface area (Å²) in [6.07, 6.45) is 0.796. The van der Waals surface area contributed by atoms with Gasteiger partial charge in [-0.15, -0.1) is 0 Å². The van der Waals surface area contributed by atoms with E-state index in [0.717, 1.165) is 6.42 Å². The van der Waals surface area contributed by atoms with Crippen molar-refractivity contribution in [1.29, 1.82) is 0 Å². The molecule has 2 amide bonds. The number of hydrogen-bond acceptors (Lipinski definition) is 3. The van der Waals surface area contributed by atoms with E-state index in [1.54, 1.807) is 4.90 Å². The molecule has 1 atom stereocenters. The zero-order chi connectivity index (χ0) is 13.8. The number of rotatable bonds is 3. The maximum atomic E-state index is 13.0. The van der Waals surface area contributed by atoms with E-state index >= 15 is 0 Å². The zero-order valence-electron chi connectivity index (χ0n) is 10.7. The lowest BCUT2D eigenvalue weighted by molar-refractivity contribution is 0.208. The van der Waals surface area contributed by atoms with E-state index in [4.69, 9.17) is 9.84 Å². The van der Waals surface area contributed by atoms with Crippen LogP contribution in [0.1, 0.15) is 6.42 Å². The molecular formula is C13H17FN2O3. The molecule has 1 saturated heterocycles. The Bertz CT molecular complexity index is 467. The third kappa shape index (κ3) is 3.14. The lowest BCUT2D eigenvalue weighted by atomic mass is 10.1. The van der Waals surface area contributed by atoms with Crippen LogP contribution in [0.4, 0.5) is 14.9 Å². The first-order valence-corrected chi connectivity index (χ1v) is 6.14. The summed E-state index contributed by atoms with van der Waals surface area (Å²) in [4.78, 5) is 13.6. The first kappa shape index (κ1) is 13.6. The predicted octanol–water partition coefficient (Wildman–Crippen LogP) is 1.68. The average molecular weight is 268 g/mol. The summed E-state index contributed by atoms with van der Waals surface area (Å²) in [5.74, 6) is 0.00323. The Hall–Kier alpha value is -1.82. The highest BCUT2D eigenvalue weighted by molar-refractivity contribution is 5.91. The Morgan fingerprint density at radius 2 is 2.42 bits per heavy atom. The van der Waals surface area contributed by atoms with Crippen LogP contribution in [0.3, 0.4) is 0 Å². The number of anilines is 1. The fourth-order valence-electron chi connectivity index (χ4n) is 2.13. The summed E-state index contributed by atoms with van der Waals surface area (Å²) in [5.41, 5.74) is 0.432. The van der Waals surface area contributed by atoms with Gasteiger partial charge in [-0.2, -0.15) is 0 Å². The molecule has 1 aliphatic heterocycles. The number of carbonyl (C=O) groups excluding carboxylic acids is 1. The molecule has 2 N–H and O–H groups in total. The van der Waals surface area contributed by atoms with Gasteiger partial charge in [0.15, 0.2) is 0 Å². The first-order chi connectivity index (χ1) is 9.13. The Morgan fingerprint density at radius 1 is 1.63 bits per heavy atom. The smallest absolute Gasteiger partial charge is 0.321 e. The number of hydrogen-bond donors (Lipinski definition) is 2. The second-order valence-corrected chi connectivity index (χ2v) is 4.56. The van der Waals surface area contributed by atoms with Crippen LogP contribution >= 0.6 is 0 Å². The molecule has 6 heteroatoms. The molecule has 0 aromatic heterocycles. The molecule has 0 radical (unpaired) electrons. The van der Waals surface area contributed by atoms with Gasteiger partial charge < -0.3 is 20.1 Å². The van der Waals surface area contributed by atoms with Crippen molar-refractivity contribution in [2.45, 2.75) is 6.42 Å². The van der Waals surface area contributed by atoms with Crippen LogP contribution in [0.15, 0.2) is 18.2 Å². The normalized spacial score (nSPS) is 18.5. The molecule has 1 aromatic carbocycles. The summed E-state index contributed by atoms with van der Waals surface area (Å²) in [6, 6.07) is 3.68. The number of urea groups is 1. The van der Waals surface area contributed by atoms with Crippen molar-refractivity contribution in [2.24, 2.45) is 5.92 Å². The summed E-state index contributed by atoms with van der Waals surface area (Å²) in [7, 11) is 1.42. The van der Waals surface area contributed by atoms with Crippen molar-refractivity contribution in [3.05, 3.63) is 24.0 Å². The Morgan fingerprint density at radius 3 is 3.05 bits per heavy atom. The van der Waals surface area contributed by atoms with E-state index in [1.165, 1.54) is 25.3 Å². The third-order valence-electron chi connectivity index (χ3n) is 3.24. The van der Waals surface area contributed by atoms with Gasteiger partial charge in [-0.1, -0.05) is 0 Å². The fourth-order valence-corrected chi connectivity index (χ4v) is 2.13. The minimum Gasteiger partial charge on any atom is -0.494 e. The maximum absolute atomic E-state index is 13.0. The van der Waals surface area contributed by atoms with E-state index in [-0.39, 0.29) is 24.3 Å². The Labute approximate surface area is 111 Å². The fraction of sp³-hybridized carbons (Fsp3) is 0.462. The number of amides is 2. The number of carbonyl (C=O) groups is 1. The molecule has 104 valence electrons. The van der Waals surface area contributed by atoms with Crippen LogP contribution in [-0.2, 0) is 0 Å². The van der Waals surface area contributed by atoms with E-state index in [0.29, 0.717) is 18.8 Å². The van der Waals surface area contributed by atoms with Gasteiger partial charge >= 0.3 is 6.03 Å². The molecule has 1 fully saturated rings. The third-order valence-corrected chi connectivity index (χ3v) is 3.24. The summed E-state index contributed by atoms with van der Waals surface area (Å²) in [5, 5.41) is 11.7. The molecule has 2 rings (SSSR count). The van der Waals surface area contributed by atoms with Crippen molar-refractivity contribution in [1.82, 2.24) is 4.90 Å². The van der Waals surface area contributed by atoms with Crippen LogP contribution in [0.5, 0.6) is 5.75 Å². The minimum absolute atomic E-state index is 0.0870. The van der Waals surface area contributed by atoms with Crippen molar-refractivity contribution in [3.63, 3.8) is 0 Å². The van der Waals surface area contributed by atoms with E-state index in [1.807, 2.05) is 0 Å². The lowest BCUT2D eigenvalue weighted by Gasteiger charge is -2.18. The molecular weight excluding hydrogens is 251 g/mol. The molecule has 1 heterocycles. The number of nitrogens with one attached hydrogen (secondary N) is 1. The molecule has 1 unspecified atom stereocenters. The molecule has 19 heavy (non-hydrogen) atoms. The van der Waals surface area contributed by atoms with Gasteiger partial charge in [-0.05, 0) is 18.6 Å². The number of aliphatic hydroxyl groups excluding tert-OH is 1. The van der Waals surface area contributed by atoms with Gasteiger partial charge in [-0.25, -0.2) is 9.18 Å². The van der Waals surface area contributed by atoms with Gasteiger partial charge in [0.05, 0.1) is 12.8 Å². The van der Waals surface area contributed by atoms with Gasteiger partial charge in [-0.3, -0.25) is 0 Å². The molecule has 0 spiro atoms. The van der Waals surface area contributed by atoms with E-state index in [9.17, 15) is 9.18 Å². The Balaban J connectivity index is 2.03. The number of methoxy groups -OCH3 is 1. The second-order valence-electron chi connectivity index (χ2n) is 4.56. The minimum atomic E-state index is -0.420. The second kappa shape index (κ2) is 5.88.